The number of rotatable bonds is 11. The van der Waals surface area contributed by atoms with E-state index in [4.69, 9.17) is 0 Å². The molecular weight excluding hydrogens is 625 g/mol. The van der Waals surface area contributed by atoms with Crippen LogP contribution < -0.4 is 14.9 Å². The summed E-state index contributed by atoms with van der Waals surface area (Å²) in [6.45, 7) is 8.93. The first-order valence-electron chi connectivity index (χ1n) is 15.5. The van der Waals surface area contributed by atoms with Crippen LogP contribution in [0.15, 0.2) is 83.4 Å². The number of hydrogen-bond acceptors (Lipinski definition) is 5. The maximum absolute atomic E-state index is 12.8. The van der Waals surface area contributed by atoms with Crippen LogP contribution in [0.1, 0.15) is 49.1 Å². The predicted molar refractivity (Wildman–Crippen MR) is 177 cm³/mol. The molecule has 2 aromatic heterocycles. The second-order valence-corrected chi connectivity index (χ2v) is 12.4. The lowest BCUT2D eigenvalue weighted by Gasteiger charge is -2.13. The van der Waals surface area contributed by atoms with E-state index in [0.29, 0.717) is 28.8 Å². The fourth-order valence-corrected chi connectivity index (χ4v) is 6.16. The Morgan fingerprint density at radius 2 is 1.81 bits per heavy atom. The van der Waals surface area contributed by atoms with Crippen LogP contribution in [0, 0.1) is 19.8 Å². The van der Waals surface area contributed by atoms with Gasteiger partial charge in [-0.2, -0.15) is 4.99 Å². The van der Waals surface area contributed by atoms with E-state index in [2.05, 4.69) is 68.7 Å². The number of nitrogens with one attached hydrogen (secondary N) is 1. The molecule has 8 nitrogen and oxygen atoms in total. The SMILES string of the molecule is CCCc1ccc(C)cc1-n1c(C)csc1=NC(=O)NCCC(C)Cc1ccc(-c2ncn(-c3ccc(OC(F)(F)F)cc3)n2)cc1. The standard InChI is InChI=1S/C35H37F3N6O2S/c1-5-6-27-10-7-23(2)20-31(27)44-25(4)21-47-34(44)41-33(45)39-18-17-24(3)19-26-8-11-28(12-9-26)32-40-22-43(42-32)29-13-15-30(16-14-29)46-35(36,37)38/h7-16,20-22,24H,5-6,17-19H2,1-4H3,(H,39,45). The molecule has 1 N–H and O–H groups in total. The van der Waals surface area contributed by atoms with Gasteiger partial charge in [-0.05, 0) is 86.1 Å². The van der Waals surface area contributed by atoms with Gasteiger partial charge in [-0.3, -0.25) is 4.57 Å². The first-order chi connectivity index (χ1) is 22.5. The number of benzene rings is 3. The van der Waals surface area contributed by atoms with Gasteiger partial charge in [-0.25, -0.2) is 14.5 Å². The van der Waals surface area contributed by atoms with Crippen molar-refractivity contribution in [3.63, 3.8) is 0 Å². The third-order valence-corrected chi connectivity index (χ3v) is 8.56. The first-order valence-corrected chi connectivity index (χ1v) is 16.3. The van der Waals surface area contributed by atoms with Gasteiger partial charge in [-0.1, -0.05) is 56.7 Å². The van der Waals surface area contributed by atoms with Gasteiger partial charge in [0.05, 0.1) is 11.4 Å². The normalized spacial score (nSPS) is 12.7. The highest BCUT2D eigenvalue weighted by molar-refractivity contribution is 7.07. The number of aryl methyl sites for hydroxylation is 3. The average Bonchev–Trinajstić information content (AvgIpc) is 3.65. The smallest absolute Gasteiger partial charge is 0.406 e. The van der Waals surface area contributed by atoms with Crippen LogP contribution in [0.2, 0.25) is 0 Å². The zero-order valence-electron chi connectivity index (χ0n) is 26.7. The molecule has 5 aromatic rings. The van der Waals surface area contributed by atoms with Crippen LogP contribution >= 0.6 is 11.3 Å². The lowest BCUT2D eigenvalue weighted by molar-refractivity contribution is -0.274. The van der Waals surface area contributed by atoms with E-state index in [0.717, 1.165) is 53.8 Å². The van der Waals surface area contributed by atoms with E-state index >= 15 is 0 Å². The number of nitrogens with zero attached hydrogens (tertiary/aromatic N) is 5. The highest BCUT2D eigenvalue weighted by atomic mass is 32.1. The van der Waals surface area contributed by atoms with Gasteiger partial charge in [0.15, 0.2) is 10.6 Å². The molecule has 5 rings (SSSR count). The van der Waals surface area contributed by atoms with E-state index < -0.39 is 6.36 Å². The van der Waals surface area contributed by atoms with Crippen molar-refractivity contribution in [1.82, 2.24) is 24.6 Å². The summed E-state index contributed by atoms with van der Waals surface area (Å²) in [4.78, 5) is 22.2. The van der Waals surface area contributed by atoms with Gasteiger partial charge in [0, 0.05) is 23.2 Å². The number of ether oxygens (including phenoxy) is 1. The summed E-state index contributed by atoms with van der Waals surface area (Å²) in [5.74, 6) is 0.517. The van der Waals surface area contributed by atoms with Crippen molar-refractivity contribution in [1.29, 1.82) is 0 Å². The van der Waals surface area contributed by atoms with Gasteiger partial charge in [0.2, 0.25) is 0 Å². The van der Waals surface area contributed by atoms with Crippen molar-refractivity contribution in [2.45, 2.75) is 59.7 Å². The Kier molecular flexibility index (Phi) is 10.6. The molecule has 1 unspecified atom stereocenters. The molecule has 246 valence electrons. The van der Waals surface area contributed by atoms with Gasteiger partial charge in [0.1, 0.15) is 12.1 Å². The van der Waals surface area contributed by atoms with Crippen molar-refractivity contribution < 1.29 is 22.7 Å². The molecular formula is C35H37F3N6O2S. The minimum absolute atomic E-state index is 0.301. The topological polar surface area (TPSA) is 86.3 Å². The molecule has 3 aromatic carbocycles. The number of thiazole rings is 1. The van der Waals surface area contributed by atoms with Crippen LogP contribution in [-0.2, 0) is 12.8 Å². The Bertz CT molecular complexity index is 1880. The minimum atomic E-state index is -4.74. The summed E-state index contributed by atoms with van der Waals surface area (Å²) in [5.41, 5.74) is 7.04. The Morgan fingerprint density at radius 1 is 1.06 bits per heavy atom. The maximum atomic E-state index is 12.8. The quantitative estimate of drug-likeness (QED) is 0.155. The van der Waals surface area contributed by atoms with Crippen LogP contribution in [0.4, 0.5) is 18.0 Å². The number of carbonyl (C=O) groups is 1. The molecule has 0 aliphatic heterocycles. The zero-order chi connectivity index (χ0) is 33.6. The van der Waals surface area contributed by atoms with E-state index in [1.54, 1.807) is 0 Å². The summed E-state index contributed by atoms with van der Waals surface area (Å²) in [6, 6.07) is 19.5. The molecule has 1 atom stereocenters. The molecule has 47 heavy (non-hydrogen) atoms. The number of amides is 2. The highest BCUT2D eigenvalue weighted by Crippen LogP contribution is 2.25. The van der Waals surface area contributed by atoms with Gasteiger partial charge >= 0.3 is 12.4 Å². The van der Waals surface area contributed by atoms with Crippen LogP contribution in [0.25, 0.3) is 22.8 Å². The van der Waals surface area contributed by atoms with E-state index in [9.17, 15) is 18.0 Å². The summed E-state index contributed by atoms with van der Waals surface area (Å²) in [5, 5.41) is 9.45. The highest BCUT2D eigenvalue weighted by Gasteiger charge is 2.31. The third-order valence-electron chi connectivity index (χ3n) is 7.61. The van der Waals surface area contributed by atoms with Gasteiger partial charge < -0.3 is 10.1 Å². The monoisotopic (exact) mass is 662 g/mol. The molecule has 0 fully saturated rings. The van der Waals surface area contributed by atoms with E-state index in [-0.39, 0.29) is 11.8 Å². The molecule has 0 saturated carbocycles. The Morgan fingerprint density at radius 3 is 2.51 bits per heavy atom. The second-order valence-electron chi connectivity index (χ2n) is 11.6. The van der Waals surface area contributed by atoms with Gasteiger partial charge in [-0.15, -0.1) is 29.6 Å². The Labute approximate surface area is 275 Å². The van der Waals surface area contributed by atoms with Crippen molar-refractivity contribution in [3.05, 3.63) is 106 Å². The van der Waals surface area contributed by atoms with E-state index in [1.165, 1.54) is 52.2 Å². The second kappa shape index (κ2) is 14.8. The van der Waals surface area contributed by atoms with Crippen molar-refractivity contribution >= 4 is 17.4 Å². The average molecular weight is 663 g/mol. The molecule has 0 saturated heterocycles. The molecule has 0 radical (unpaired) electrons. The van der Waals surface area contributed by atoms with E-state index in [1.807, 2.05) is 36.6 Å². The molecule has 2 heterocycles. The number of hydrogen-bond donors (Lipinski definition) is 1. The van der Waals surface area contributed by atoms with Crippen LogP contribution in [0.3, 0.4) is 0 Å². The van der Waals surface area contributed by atoms with Crippen LogP contribution in [0.5, 0.6) is 5.75 Å². The molecule has 0 bridgehead atoms. The number of carbonyl (C=O) groups excluding carboxylic acids is 1. The summed E-state index contributed by atoms with van der Waals surface area (Å²) in [7, 11) is 0. The Hall–Kier alpha value is -4.71. The van der Waals surface area contributed by atoms with Crippen molar-refractivity contribution in [3.8, 4) is 28.5 Å². The minimum Gasteiger partial charge on any atom is -0.406 e. The fourth-order valence-electron chi connectivity index (χ4n) is 5.29. The number of alkyl halides is 3. The first kappa shape index (κ1) is 33.6. The molecule has 12 heteroatoms. The number of urea groups is 1. The van der Waals surface area contributed by atoms with Crippen LogP contribution in [-0.4, -0.2) is 38.3 Å². The van der Waals surface area contributed by atoms with Crippen molar-refractivity contribution in [2.24, 2.45) is 10.9 Å². The zero-order valence-corrected chi connectivity index (χ0v) is 27.5. The predicted octanol–water partition coefficient (Wildman–Crippen LogP) is 8.13. The molecule has 0 spiro atoms. The largest absolute Gasteiger partial charge is 0.573 e. The summed E-state index contributed by atoms with van der Waals surface area (Å²) < 4.78 is 44.8. The summed E-state index contributed by atoms with van der Waals surface area (Å²) >= 11 is 1.46. The maximum Gasteiger partial charge on any atom is 0.573 e. The van der Waals surface area contributed by atoms with Gasteiger partial charge in [0.25, 0.3) is 0 Å². The number of halogens is 3. The molecule has 2 amide bonds. The number of aromatic nitrogens is 4. The fraction of sp³-hybridized carbons (Fsp3) is 0.314. The lowest BCUT2D eigenvalue weighted by atomic mass is 9.97. The summed E-state index contributed by atoms with van der Waals surface area (Å²) in [6.07, 6.45) is 0.383. The molecule has 0 aliphatic carbocycles. The Balaban J connectivity index is 1.14. The molecule has 0 aliphatic rings. The third kappa shape index (κ3) is 8.97. The lowest BCUT2D eigenvalue weighted by Crippen LogP contribution is -2.26. The van der Waals surface area contributed by atoms with Crippen molar-refractivity contribution in [2.75, 3.05) is 6.54 Å².